The molecule has 3 rings (SSSR count). The monoisotopic (exact) mass is 617 g/mol. The van der Waals surface area contributed by atoms with Crippen molar-refractivity contribution in [2.24, 2.45) is 11.8 Å². The maximum absolute atomic E-state index is 13.1. The Labute approximate surface area is 201 Å². The minimum Gasteiger partial charge on any atom is -0.512 e. The Hall–Kier alpha value is -2.43. The second-order valence-electron chi connectivity index (χ2n) is 8.25. The number of aliphatic hydroxyl groups excluding tert-OH is 1. The van der Waals surface area contributed by atoms with E-state index in [2.05, 4.69) is 11.1 Å². The molecule has 3 nitrogen and oxygen atoms in total. The van der Waals surface area contributed by atoms with Gasteiger partial charge in [-0.05, 0) is 29.0 Å². The molecule has 0 unspecified atom stereocenters. The van der Waals surface area contributed by atoms with Gasteiger partial charge in [-0.15, -0.1) is 17.7 Å². The molecule has 1 radical (unpaired) electrons. The number of aliphatic hydroxyl groups is 1. The molecule has 0 spiro atoms. The molecule has 0 amide bonds. The van der Waals surface area contributed by atoms with Gasteiger partial charge in [0.05, 0.1) is 11.3 Å². The number of hydrogen-bond donors (Lipinski definition) is 1. The van der Waals surface area contributed by atoms with Gasteiger partial charge in [-0.3, -0.25) is 9.78 Å². The van der Waals surface area contributed by atoms with Gasteiger partial charge in [-0.2, -0.15) is 0 Å². The fraction of sp³-hybridized carbons (Fsp3) is 0.308. The molecule has 0 atom stereocenters. The van der Waals surface area contributed by atoms with Crippen LogP contribution in [0.1, 0.15) is 40.5 Å². The number of hydrogen-bond acceptors (Lipinski definition) is 3. The molecule has 0 aliphatic heterocycles. The Balaban J connectivity index is 0.000000330. The van der Waals surface area contributed by atoms with Gasteiger partial charge in [-0.1, -0.05) is 64.1 Å². The summed E-state index contributed by atoms with van der Waals surface area (Å²) in [5, 5.41) is 10.3. The molecule has 32 heavy (non-hydrogen) atoms. The van der Waals surface area contributed by atoms with Crippen molar-refractivity contribution < 1.29 is 38.8 Å². The van der Waals surface area contributed by atoms with Crippen molar-refractivity contribution in [2.75, 3.05) is 0 Å². The molecule has 0 aliphatic carbocycles. The normalized spacial score (nSPS) is 11.2. The van der Waals surface area contributed by atoms with Crippen molar-refractivity contribution in [3.63, 3.8) is 0 Å². The molecule has 2 aromatic carbocycles. The van der Waals surface area contributed by atoms with Crippen LogP contribution in [0.2, 0.25) is 0 Å². The Morgan fingerprint density at radius 1 is 1.03 bits per heavy atom. The minimum atomic E-state index is -0.722. The molecule has 0 bridgehead atoms. The van der Waals surface area contributed by atoms with E-state index in [0.717, 1.165) is 17.0 Å². The predicted molar refractivity (Wildman–Crippen MR) is 121 cm³/mol. The van der Waals surface area contributed by atoms with E-state index in [1.54, 1.807) is 6.07 Å². The van der Waals surface area contributed by atoms with E-state index in [-0.39, 0.29) is 31.6 Å². The number of ketones is 1. The zero-order valence-corrected chi connectivity index (χ0v) is 21.1. The summed E-state index contributed by atoms with van der Waals surface area (Å²) in [5.41, 5.74) is 1.61. The Morgan fingerprint density at radius 2 is 1.69 bits per heavy atom. The first-order chi connectivity index (χ1) is 14.6. The molecule has 173 valence electrons. The number of nitrogens with zero attached hydrogens (tertiary/aromatic N) is 1. The van der Waals surface area contributed by atoms with Gasteiger partial charge in [0.2, 0.25) is 0 Å². The third-order valence-electron chi connectivity index (χ3n) is 4.23. The van der Waals surface area contributed by atoms with Gasteiger partial charge in [0, 0.05) is 50.7 Å². The largest absolute Gasteiger partial charge is 0.512 e. The van der Waals surface area contributed by atoms with Gasteiger partial charge >= 0.3 is 0 Å². The fourth-order valence-electron chi connectivity index (χ4n) is 2.98. The average Bonchev–Trinajstić information content (AvgIpc) is 2.66. The number of rotatable bonds is 6. The maximum atomic E-state index is 13.1. The van der Waals surface area contributed by atoms with Crippen molar-refractivity contribution in [1.82, 2.24) is 4.98 Å². The molecule has 1 aromatic heterocycles. The summed E-state index contributed by atoms with van der Waals surface area (Å²) < 4.78 is 26.2. The van der Waals surface area contributed by atoms with E-state index < -0.39 is 11.6 Å². The topological polar surface area (TPSA) is 50.2 Å². The first kappa shape index (κ1) is 27.6. The van der Waals surface area contributed by atoms with Gasteiger partial charge in [-0.25, -0.2) is 8.78 Å². The van der Waals surface area contributed by atoms with Crippen LogP contribution in [0, 0.1) is 29.5 Å². The van der Waals surface area contributed by atoms with Crippen molar-refractivity contribution in [1.29, 1.82) is 0 Å². The Bertz CT molecular complexity index is 1040. The van der Waals surface area contributed by atoms with Crippen molar-refractivity contribution >= 4 is 16.7 Å². The van der Waals surface area contributed by atoms with Crippen molar-refractivity contribution in [3.05, 3.63) is 78.1 Å². The Kier molecular flexibility index (Phi) is 11.4. The molecule has 0 aliphatic rings. The SMILES string of the molecule is CC(C)CC(=O)/C=C(\O)CC(C)C.Fc1[c-]c(-c2ccc3ccccc3n2)cc(F)c1.[Ir]. The van der Waals surface area contributed by atoms with E-state index >= 15 is 0 Å². The number of aromatic nitrogens is 1. The van der Waals surface area contributed by atoms with Crippen LogP contribution in [0.15, 0.2) is 60.4 Å². The zero-order valence-electron chi connectivity index (χ0n) is 18.7. The quantitative estimate of drug-likeness (QED) is 0.183. The average molecular weight is 617 g/mol. The number of benzene rings is 2. The summed E-state index contributed by atoms with van der Waals surface area (Å²) in [4.78, 5) is 15.6. The number of carbonyl (C=O) groups is 1. The smallest absolute Gasteiger partial charge is 0.159 e. The summed E-state index contributed by atoms with van der Waals surface area (Å²) in [6.45, 7) is 8.00. The van der Waals surface area contributed by atoms with Gasteiger partial charge in [0.15, 0.2) is 5.78 Å². The maximum Gasteiger partial charge on any atom is 0.159 e. The molecule has 1 N–H and O–H groups in total. The molecule has 0 saturated carbocycles. The third-order valence-corrected chi connectivity index (χ3v) is 4.23. The van der Waals surface area contributed by atoms with Crippen molar-refractivity contribution in [3.8, 4) is 11.3 Å². The van der Waals surface area contributed by atoms with E-state index in [9.17, 15) is 18.7 Å². The minimum absolute atomic E-state index is 0. The van der Waals surface area contributed by atoms with Crippen molar-refractivity contribution in [2.45, 2.75) is 40.5 Å². The second-order valence-corrected chi connectivity index (χ2v) is 8.25. The standard InChI is InChI=1S/C15H8F2N.C11H20O2.Ir/c16-12-7-11(8-13(17)9-12)15-6-5-10-3-1-2-4-14(10)18-15;1-8(2)5-10(12)7-11(13)6-9(3)4;/h1-7,9H;7-9,12H,5-6H2,1-4H3;/q-1;;/b;10-7-;. The first-order valence-electron chi connectivity index (χ1n) is 10.3. The Morgan fingerprint density at radius 3 is 2.31 bits per heavy atom. The predicted octanol–water partition coefficient (Wildman–Crippen LogP) is 7.07. The number of pyridine rings is 1. The molecular formula is C26H28F2IrNO2-. The van der Waals surface area contributed by atoms with Gasteiger partial charge in [0.1, 0.15) is 0 Å². The van der Waals surface area contributed by atoms with Crippen LogP contribution in [0.3, 0.4) is 0 Å². The summed E-state index contributed by atoms with van der Waals surface area (Å²) in [6, 6.07) is 15.6. The molecular weight excluding hydrogens is 589 g/mol. The summed E-state index contributed by atoms with van der Waals surface area (Å²) in [7, 11) is 0. The molecule has 0 saturated heterocycles. The second kappa shape index (κ2) is 13.2. The number of allylic oxidation sites excluding steroid dienone is 2. The number of para-hydroxylation sites is 1. The first-order valence-corrected chi connectivity index (χ1v) is 10.3. The number of carbonyl (C=O) groups excluding carboxylic acids is 1. The van der Waals surface area contributed by atoms with E-state index in [0.29, 0.717) is 35.9 Å². The van der Waals surface area contributed by atoms with E-state index in [1.165, 1.54) is 12.1 Å². The molecule has 6 heteroatoms. The number of fused-ring (bicyclic) bond motifs is 1. The molecule has 1 heterocycles. The van der Waals surface area contributed by atoms with Crippen LogP contribution in [0.5, 0.6) is 0 Å². The number of halogens is 2. The van der Waals surface area contributed by atoms with Crippen LogP contribution in [0.25, 0.3) is 22.2 Å². The fourth-order valence-corrected chi connectivity index (χ4v) is 2.98. The zero-order chi connectivity index (χ0) is 23.0. The van der Waals surface area contributed by atoms with Gasteiger partial charge in [0.25, 0.3) is 0 Å². The summed E-state index contributed by atoms with van der Waals surface area (Å²) in [5.74, 6) is -0.372. The summed E-state index contributed by atoms with van der Waals surface area (Å²) in [6.07, 6.45) is 2.46. The summed E-state index contributed by atoms with van der Waals surface area (Å²) >= 11 is 0. The van der Waals surface area contributed by atoms with Gasteiger partial charge < -0.3 is 5.11 Å². The molecule has 0 fully saturated rings. The van der Waals surface area contributed by atoms with E-state index in [1.807, 2.05) is 58.0 Å². The van der Waals surface area contributed by atoms with Crippen LogP contribution in [-0.4, -0.2) is 15.9 Å². The van der Waals surface area contributed by atoms with Crippen LogP contribution < -0.4 is 0 Å². The van der Waals surface area contributed by atoms with E-state index in [4.69, 9.17) is 0 Å². The van der Waals surface area contributed by atoms with Crippen LogP contribution >= 0.6 is 0 Å². The van der Waals surface area contributed by atoms with Crippen LogP contribution in [-0.2, 0) is 24.9 Å². The van der Waals surface area contributed by atoms with Crippen LogP contribution in [0.4, 0.5) is 8.78 Å². The third kappa shape index (κ3) is 9.37. The molecule has 3 aromatic rings.